The zero-order chi connectivity index (χ0) is 20.4. The molecule has 0 radical (unpaired) electrons. The molecule has 1 aliphatic rings. The van der Waals surface area contributed by atoms with Gasteiger partial charge < -0.3 is 9.64 Å². The lowest BCUT2D eigenvalue weighted by Gasteiger charge is -2.23. The summed E-state index contributed by atoms with van der Waals surface area (Å²) in [5.41, 5.74) is 4.61. The quantitative estimate of drug-likeness (QED) is 0.524. The van der Waals surface area contributed by atoms with Crippen LogP contribution in [0.5, 0.6) is 5.75 Å². The molecule has 5 heteroatoms. The van der Waals surface area contributed by atoms with Gasteiger partial charge in [-0.2, -0.15) is 0 Å². The number of carbonyl (C=O) groups is 1. The lowest BCUT2D eigenvalue weighted by Crippen LogP contribution is -2.29. The van der Waals surface area contributed by atoms with E-state index >= 15 is 0 Å². The first-order valence-corrected chi connectivity index (χ1v) is 10.3. The van der Waals surface area contributed by atoms with Crippen LogP contribution in [0.15, 0.2) is 52.6 Å². The van der Waals surface area contributed by atoms with Crippen molar-refractivity contribution in [2.24, 2.45) is 5.92 Å². The van der Waals surface area contributed by atoms with Gasteiger partial charge in [0.2, 0.25) is 0 Å². The van der Waals surface area contributed by atoms with Crippen LogP contribution in [0.4, 0.5) is 0 Å². The fourth-order valence-corrected chi connectivity index (χ4v) is 4.14. The lowest BCUT2D eigenvalue weighted by atomic mass is 9.99. The van der Waals surface area contributed by atoms with Gasteiger partial charge in [0.1, 0.15) is 5.75 Å². The van der Waals surface area contributed by atoms with Gasteiger partial charge in [-0.1, -0.05) is 49.2 Å². The molecule has 3 nitrogen and oxygen atoms in total. The maximum absolute atomic E-state index is 13.1. The van der Waals surface area contributed by atoms with E-state index in [1.165, 1.54) is 0 Å². The molecule has 0 saturated carbocycles. The van der Waals surface area contributed by atoms with E-state index in [1.807, 2.05) is 60.4 Å². The Morgan fingerprint density at radius 1 is 1.21 bits per heavy atom. The van der Waals surface area contributed by atoms with Crippen molar-refractivity contribution in [3.63, 3.8) is 0 Å². The van der Waals surface area contributed by atoms with Crippen molar-refractivity contribution in [1.82, 2.24) is 4.90 Å². The minimum absolute atomic E-state index is 0.0412. The Kier molecular flexibility index (Phi) is 6.31. The van der Waals surface area contributed by atoms with Gasteiger partial charge in [-0.15, -0.1) is 0 Å². The van der Waals surface area contributed by atoms with Gasteiger partial charge in [-0.25, -0.2) is 0 Å². The first-order valence-electron chi connectivity index (χ1n) is 9.16. The van der Waals surface area contributed by atoms with Gasteiger partial charge >= 0.3 is 0 Å². The van der Waals surface area contributed by atoms with Crippen molar-refractivity contribution in [3.05, 3.63) is 74.4 Å². The second kappa shape index (κ2) is 8.54. The topological polar surface area (TPSA) is 29.5 Å². The highest BCUT2D eigenvalue weighted by Gasteiger charge is 2.35. The van der Waals surface area contributed by atoms with E-state index in [9.17, 15) is 4.79 Å². The van der Waals surface area contributed by atoms with E-state index in [-0.39, 0.29) is 5.91 Å². The third-order valence-electron chi connectivity index (χ3n) is 4.52. The van der Waals surface area contributed by atoms with Gasteiger partial charge in [-0.05, 0) is 64.7 Å². The predicted octanol–water partition coefficient (Wildman–Crippen LogP) is 6.30. The summed E-state index contributed by atoms with van der Waals surface area (Å²) in [4.78, 5) is 14.9. The molecule has 0 atom stereocenters. The summed E-state index contributed by atoms with van der Waals surface area (Å²) in [5.74, 6) is 1.01. The SMILES string of the molecule is COc1ccc(C)cc1C1=C(Br)C(=O)N(CC(C)C)/C1=C\c1cccc(Cl)c1. The number of ether oxygens (including phenoxy) is 1. The molecule has 0 saturated heterocycles. The Morgan fingerprint density at radius 2 is 1.96 bits per heavy atom. The molecule has 28 heavy (non-hydrogen) atoms. The molecule has 0 unspecified atom stereocenters. The zero-order valence-electron chi connectivity index (χ0n) is 16.4. The van der Waals surface area contributed by atoms with Crippen LogP contribution in [-0.4, -0.2) is 24.5 Å². The number of hydrogen-bond acceptors (Lipinski definition) is 2. The Balaban J connectivity index is 2.23. The van der Waals surface area contributed by atoms with Crippen LogP contribution in [0, 0.1) is 12.8 Å². The van der Waals surface area contributed by atoms with Gasteiger partial charge in [0.05, 0.1) is 17.3 Å². The second-order valence-electron chi connectivity index (χ2n) is 7.29. The number of allylic oxidation sites excluding steroid dienone is 1. The number of halogens is 2. The summed E-state index contributed by atoms with van der Waals surface area (Å²) in [6, 6.07) is 13.6. The van der Waals surface area contributed by atoms with Crippen molar-refractivity contribution in [2.75, 3.05) is 13.7 Å². The maximum atomic E-state index is 13.1. The van der Waals surface area contributed by atoms with Gasteiger partial charge in [0.25, 0.3) is 5.91 Å². The Bertz CT molecular complexity index is 978. The molecule has 1 aliphatic heterocycles. The van der Waals surface area contributed by atoms with Crippen LogP contribution in [0.25, 0.3) is 11.6 Å². The van der Waals surface area contributed by atoms with Gasteiger partial charge in [0.15, 0.2) is 0 Å². The highest BCUT2D eigenvalue weighted by molar-refractivity contribution is 9.12. The van der Waals surface area contributed by atoms with E-state index in [2.05, 4.69) is 29.8 Å². The first kappa shape index (κ1) is 20.7. The van der Waals surface area contributed by atoms with E-state index in [0.29, 0.717) is 22.0 Å². The van der Waals surface area contributed by atoms with Crippen molar-refractivity contribution in [2.45, 2.75) is 20.8 Å². The fraction of sp³-hybridized carbons (Fsp3) is 0.261. The third kappa shape index (κ3) is 4.18. The fourth-order valence-electron chi connectivity index (χ4n) is 3.31. The van der Waals surface area contributed by atoms with Gasteiger partial charge in [0, 0.05) is 22.7 Å². The van der Waals surface area contributed by atoms with Crippen molar-refractivity contribution < 1.29 is 9.53 Å². The Hall–Kier alpha value is -2.04. The number of carbonyl (C=O) groups excluding carboxylic acids is 1. The van der Waals surface area contributed by atoms with Crippen LogP contribution in [0.2, 0.25) is 5.02 Å². The third-order valence-corrected chi connectivity index (χ3v) is 5.49. The second-order valence-corrected chi connectivity index (χ2v) is 8.52. The molecular formula is C23H23BrClNO2. The monoisotopic (exact) mass is 459 g/mol. The van der Waals surface area contributed by atoms with Crippen LogP contribution >= 0.6 is 27.5 Å². The molecule has 0 bridgehead atoms. The number of amides is 1. The molecule has 0 spiro atoms. The summed E-state index contributed by atoms with van der Waals surface area (Å²) >= 11 is 9.74. The van der Waals surface area contributed by atoms with E-state index < -0.39 is 0 Å². The summed E-state index contributed by atoms with van der Waals surface area (Å²) in [7, 11) is 1.64. The van der Waals surface area contributed by atoms with E-state index in [4.69, 9.17) is 16.3 Å². The zero-order valence-corrected chi connectivity index (χ0v) is 18.8. The minimum atomic E-state index is -0.0412. The molecule has 1 amide bonds. The number of hydrogen-bond donors (Lipinski definition) is 0. The molecule has 0 aliphatic carbocycles. The summed E-state index contributed by atoms with van der Waals surface area (Å²) in [5, 5.41) is 0.659. The summed E-state index contributed by atoms with van der Waals surface area (Å²) in [6.45, 7) is 6.85. The first-order chi connectivity index (χ1) is 13.3. The number of nitrogens with zero attached hydrogens (tertiary/aromatic N) is 1. The average Bonchev–Trinajstić information content (AvgIpc) is 2.86. The van der Waals surface area contributed by atoms with Crippen LogP contribution < -0.4 is 4.74 Å². The summed E-state index contributed by atoms with van der Waals surface area (Å²) in [6.07, 6.45) is 2.01. The Morgan fingerprint density at radius 3 is 2.61 bits per heavy atom. The Labute approximate surface area is 179 Å². The number of aryl methyl sites for hydroxylation is 1. The highest BCUT2D eigenvalue weighted by atomic mass is 79.9. The number of methoxy groups -OCH3 is 1. The summed E-state index contributed by atoms with van der Waals surface area (Å²) < 4.78 is 6.14. The largest absolute Gasteiger partial charge is 0.496 e. The molecule has 146 valence electrons. The maximum Gasteiger partial charge on any atom is 0.266 e. The normalized spacial score (nSPS) is 15.9. The van der Waals surface area contributed by atoms with Crippen molar-refractivity contribution >= 4 is 45.1 Å². The lowest BCUT2D eigenvalue weighted by molar-refractivity contribution is -0.123. The molecule has 0 fully saturated rings. The van der Waals surface area contributed by atoms with Gasteiger partial charge in [-0.3, -0.25) is 4.79 Å². The number of rotatable bonds is 5. The molecule has 1 heterocycles. The molecule has 0 aromatic heterocycles. The highest BCUT2D eigenvalue weighted by Crippen LogP contribution is 2.44. The van der Waals surface area contributed by atoms with Crippen LogP contribution in [0.1, 0.15) is 30.5 Å². The van der Waals surface area contributed by atoms with Crippen LogP contribution in [-0.2, 0) is 4.79 Å². The predicted molar refractivity (Wildman–Crippen MR) is 120 cm³/mol. The molecule has 3 rings (SSSR count). The number of benzene rings is 2. The van der Waals surface area contributed by atoms with Crippen molar-refractivity contribution in [1.29, 1.82) is 0 Å². The van der Waals surface area contributed by atoms with E-state index in [1.54, 1.807) is 7.11 Å². The average molecular weight is 461 g/mol. The van der Waals surface area contributed by atoms with Crippen LogP contribution in [0.3, 0.4) is 0 Å². The molecular weight excluding hydrogens is 438 g/mol. The molecule has 2 aromatic rings. The molecule has 2 aromatic carbocycles. The molecule has 0 N–H and O–H groups in total. The minimum Gasteiger partial charge on any atom is -0.496 e. The van der Waals surface area contributed by atoms with E-state index in [0.717, 1.165) is 33.7 Å². The smallest absolute Gasteiger partial charge is 0.266 e. The van der Waals surface area contributed by atoms with Crippen molar-refractivity contribution in [3.8, 4) is 5.75 Å². The standard InChI is InChI=1S/C23H23BrClNO2/c1-14(2)13-26-19(12-16-6-5-7-17(25)11-16)21(22(24)23(26)27)18-10-15(3)8-9-20(18)28-4/h5-12,14H,13H2,1-4H3/b19-12-.